The van der Waals surface area contributed by atoms with Crippen LogP contribution in [0.25, 0.3) is 11.2 Å². The van der Waals surface area contributed by atoms with E-state index >= 15 is 0 Å². The molecule has 3 unspecified atom stereocenters. The van der Waals surface area contributed by atoms with E-state index in [1.54, 1.807) is 6.26 Å². The second-order valence-electron chi connectivity index (χ2n) is 8.70. The standard InChI is InChI=1S/C17H28Cl2N5O13P3S2/c1-3-5-41-16-22-13(20-4-6-42(2)34)10-14(23-16)24(8-21-10)15-12(26)11(25)9(36-15)7-35-40(32,33)37-39(30,31)17(18,19)38(27,28)29/h8-9,11-12,15,25-26H,3-7H2,1-2H3,(H,30,31)(H,32,33)(H,20,22,23)(H2,27,28,29)/t9-,11-,12-,15-,42?/m1/s1. The summed E-state index contributed by atoms with van der Waals surface area (Å²) in [6.45, 7) is 1.26. The summed E-state index contributed by atoms with van der Waals surface area (Å²) in [6.07, 6.45) is -2.66. The molecule has 0 radical (unpaired) electrons. The average Bonchev–Trinajstić information content (AvgIpc) is 3.40. The molecule has 25 heteroatoms. The van der Waals surface area contributed by atoms with Gasteiger partial charge in [-0.3, -0.25) is 18.2 Å². The van der Waals surface area contributed by atoms with Crippen LogP contribution in [-0.4, -0.2) is 107 Å². The Labute approximate surface area is 256 Å². The fourth-order valence-corrected chi connectivity index (χ4v) is 8.74. The van der Waals surface area contributed by atoms with Crippen molar-refractivity contribution in [1.29, 1.82) is 0 Å². The van der Waals surface area contributed by atoms with Gasteiger partial charge in [0.1, 0.15) is 24.1 Å². The van der Waals surface area contributed by atoms with Crippen LogP contribution in [0, 0.1) is 0 Å². The molecule has 0 spiro atoms. The topological polar surface area (TPSA) is 279 Å². The van der Waals surface area contributed by atoms with Crippen molar-refractivity contribution in [3.63, 3.8) is 0 Å². The van der Waals surface area contributed by atoms with Gasteiger partial charge >= 0.3 is 26.8 Å². The van der Waals surface area contributed by atoms with E-state index in [0.29, 0.717) is 29.0 Å². The molecular weight excluding hydrogens is 710 g/mol. The molecule has 0 aliphatic carbocycles. The van der Waals surface area contributed by atoms with Gasteiger partial charge in [-0.05, 0) is 6.42 Å². The minimum absolute atomic E-state index is 0.192. The monoisotopic (exact) mass is 737 g/mol. The summed E-state index contributed by atoms with van der Waals surface area (Å²) in [4.78, 5) is 51.0. The molecule has 18 nitrogen and oxygen atoms in total. The molecule has 7 atom stereocenters. The van der Waals surface area contributed by atoms with Gasteiger partial charge in [-0.15, -0.1) is 0 Å². The Morgan fingerprint density at radius 1 is 1.21 bits per heavy atom. The van der Waals surface area contributed by atoms with Crippen LogP contribution in [0.2, 0.25) is 0 Å². The Kier molecular flexibility index (Phi) is 12.2. The van der Waals surface area contributed by atoms with Crippen molar-refractivity contribution in [1.82, 2.24) is 19.5 Å². The van der Waals surface area contributed by atoms with Crippen LogP contribution < -0.4 is 5.32 Å². The minimum Gasteiger partial charge on any atom is -0.617 e. The van der Waals surface area contributed by atoms with Crippen molar-refractivity contribution in [3.8, 4) is 0 Å². The summed E-state index contributed by atoms with van der Waals surface area (Å²) < 4.78 is 58.9. The van der Waals surface area contributed by atoms with E-state index in [-0.39, 0.29) is 11.2 Å². The molecule has 240 valence electrons. The van der Waals surface area contributed by atoms with Gasteiger partial charge < -0.3 is 44.4 Å². The number of rotatable bonds is 15. The van der Waals surface area contributed by atoms with E-state index in [9.17, 15) is 38.2 Å². The lowest BCUT2D eigenvalue weighted by Crippen LogP contribution is -2.33. The molecule has 1 aliphatic rings. The van der Waals surface area contributed by atoms with E-state index in [4.69, 9.17) is 37.7 Å². The van der Waals surface area contributed by atoms with E-state index in [0.717, 1.165) is 6.42 Å². The highest BCUT2D eigenvalue weighted by molar-refractivity contribution is 7.99. The third-order valence-electron chi connectivity index (χ3n) is 5.44. The summed E-state index contributed by atoms with van der Waals surface area (Å²) in [5.74, 6) is 1.35. The molecule has 2 aromatic rings. The molecule has 3 rings (SSSR count). The zero-order chi connectivity index (χ0) is 31.7. The van der Waals surface area contributed by atoms with Crippen molar-refractivity contribution in [3.05, 3.63) is 6.33 Å². The van der Waals surface area contributed by atoms with Crippen LogP contribution in [0.5, 0.6) is 0 Å². The molecule has 1 saturated heterocycles. The predicted molar refractivity (Wildman–Crippen MR) is 153 cm³/mol. The molecule has 1 fully saturated rings. The van der Waals surface area contributed by atoms with E-state index < -0.39 is 69.2 Å². The SMILES string of the molecule is CCCSc1nc(NCC[S+](C)[O-])c2ncn([C@@H]3O[C@H](COP(=O)(O)OP(=O)(O)C(Cl)(Cl)P(=O)(O)O)[C@@H](O)[C@H]3O)c2n1. The maximum Gasteiger partial charge on any atom is 0.479 e. The first-order valence-corrected chi connectivity index (χ1v) is 19.8. The second kappa shape index (κ2) is 14.1. The van der Waals surface area contributed by atoms with Crippen LogP contribution in [-0.2, 0) is 38.4 Å². The quantitative estimate of drug-likeness (QED) is 0.0446. The lowest BCUT2D eigenvalue weighted by atomic mass is 10.1. The Bertz CT molecular complexity index is 1400. The number of nitrogens with one attached hydrogen (secondary N) is 1. The predicted octanol–water partition coefficient (Wildman–Crippen LogP) is 1.32. The fraction of sp³-hybridized carbons (Fsp3) is 0.706. The summed E-state index contributed by atoms with van der Waals surface area (Å²) in [7, 11) is -17.3. The largest absolute Gasteiger partial charge is 0.617 e. The number of ether oxygens (including phenoxy) is 1. The molecule has 2 aromatic heterocycles. The fourth-order valence-electron chi connectivity index (χ4n) is 3.42. The number of aliphatic hydroxyl groups is 2. The number of phosphoric acid groups is 1. The number of hydrogen-bond donors (Lipinski definition) is 7. The van der Waals surface area contributed by atoms with Crippen molar-refractivity contribution < 1.29 is 61.6 Å². The number of nitrogens with zero attached hydrogens (tertiary/aromatic N) is 4. The number of phosphoric ester groups is 1. The number of alkyl halides is 2. The summed E-state index contributed by atoms with van der Waals surface area (Å²) in [6, 6.07) is 0. The molecule has 7 N–H and O–H groups in total. The molecule has 0 saturated carbocycles. The smallest absolute Gasteiger partial charge is 0.479 e. The number of imidazole rings is 1. The maximum absolute atomic E-state index is 12.3. The number of fused-ring (bicyclic) bond motifs is 1. The third kappa shape index (κ3) is 8.39. The van der Waals surface area contributed by atoms with E-state index in [1.165, 1.54) is 22.7 Å². The van der Waals surface area contributed by atoms with E-state index in [1.807, 2.05) is 6.92 Å². The number of aromatic nitrogens is 4. The normalized spacial score (nSPS) is 25.3. The lowest BCUT2D eigenvalue weighted by Gasteiger charge is -2.26. The highest BCUT2D eigenvalue weighted by atomic mass is 35.5. The number of hydrogen-bond acceptors (Lipinski definition) is 14. The average molecular weight is 738 g/mol. The number of anilines is 1. The Morgan fingerprint density at radius 2 is 1.88 bits per heavy atom. The van der Waals surface area contributed by atoms with Crippen LogP contribution in [0.3, 0.4) is 0 Å². The van der Waals surface area contributed by atoms with Crippen molar-refractivity contribution >= 4 is 86.1 Å². The van der Waals surface area contributed by atoms with Crippen LogP contribution >= 0.6 is 58.0 Å². The van der Waals surface area contributed by atoms with Crippen LogP contribution in [0.1, 0.15) is 19.6 Å². The maximum atomic E-state index is 12.3. The van der Waals surface area contributed by atoms with Crippen molar-refractivity contribution in [2.75, 3.05) is 36.2 Å². The zero-order valence-electron chi connectivity index (χ0n) is 21.7. The van der Waals surface area contributed by atoms with Gasteiger partial charge in [-0.2, -0.15) is 0 Å². The van der Waals surface area contributed by atoms with Gasteiger partial charge in [-0.1, -0.05) is 53.1 Å². The Hall–Kier alpha value is -0.0800. The summed E-state index contributed by atoms with van der Waals surface area (Å²) in [5, 5.41) is 24.6. The highest BCUT2D eigenvalue weighted by Crippen LogP contribution is 2.79. The van der Waals surface area contributed by atoms with Gasteiger partial charge in [0.25, 0.3) is 0 Å². The van der Waals surface area contributed by atoms with Crippen LogP contribution in [0.4, 0.5) is 5.82 Å². The minimum atomic E-state index is -5.91. The third-order valence-corrected chi connectivity index (χ3v) is 15.0. The molecule has 0 amide bonds. The molecule has 42 heavy (non-hydrogen) atoms. The summed E-state index contributed by atoms with van der Waals surface area (Å²) >= 11 is 10.7. The Balaban J connectivity index is 1.81. The first-order valence-electron chi connectivity index (χ1n) is 11.7. The van der Waals surface area contributed by atoms with Gasteiger partial charge in [-0.25, -0.2) is 23.8 Å². The first kappa shape index (κ1) is 36.4. The van der Waals surface area contributed by atoms with Gasteiger partial charge in [0.15, 0.2) is 28.4 Å². The molecule has 1 aliphatic heterocycles. The number of thioether (sulfide) groups is 1. The first-order chi connectivity index (χ1) is 19.3. The summed E-state index contributed by atoms with van der Waals surface area (Å²) in [5.41, 5.74) is 0.460. The van der Waals surface area contributed by atoms with Gasteiger partial charge in [0.2, 0.25) is 0 Å². The molecule has 0 bridgehead atoms. The molecule has 0 aromatic carbocycles. The number of aliphatic hydroxyl groups excluding tert-OH is 2. The van der Waals surface area contributed by atoms with Crippen LogP contribution in [0.15, 0.2) is 11.5 Å². The second-order valence-corrected chi connectivity index (χ2v) is 19.4. The van der Waals surface area contributed by atoms with Gasteiger partial charge in [0, 0.05) is 5.75 Å². The van der Waals surface area contributed by atoms with Crippen molar-refractivity contribution in [2.24, 2.45) is 0 Å². The van der Waals surface area contributed by atoms with Gasteiger partial charge in [0.05, 0.1) is 25.7 Å². The number of halogens is 2. The molecular formula is C17H28Cl2N5O13P3S2. The van der Waals surface area contributed by atoms with Crippen molar-refractivity contribution in [2.45, 2.75) is 46.9 Å². The zero-order valence-corrected chi connectivity index (χ0v) is 27.5. The Morgan fingerprint density at radius 3 is 2.48 bits per heavy atom. The highest BCUT2D eigenvalue weighted by Gasteiger charge is 2.62. The lowest BCUT2D eigenvalue weighted by molar-refractivity contribution is -0.0502. The molecule has 3 heterocycles. The van der Waals surface area contributed by atoms with E-state index in [2.05, 4.69) is 29.1 Å².